The molecule has 9 nitrogen and oxygen atoms in total. The molecule has 3 atom stereocenters. The van der Waals surface area contributed by atoms with Crippen LogP contribution in [0.4, 0.5) is 4.79 Å². The van der Waals surface area contributed by atoms with Crippen molar-refractivity contribution in [1.82, 2.24) is 20.9 Å². The van der Waals surface area contributed by atoms with Gasteiger partial charge in [-0.1, -0.05) is 35.9 Å². The molecule has 38 heavy (non-hydrogen) atoms. The maximum atomic E-state index is 13.1. The Morgan fingerprint density at radius 3 is 2.53 bits per heavy atom. The Balaban J connectivity index is 1.47. The largest absolute Gasteiger partial charge is 0.444 e. The quantitative estimate of drug-likeness (QED) is 0.358. The van der Waals surface area contributed by atoms with Gasteiger partial charge in [0.1, 0.15) is 11.3 Å². The van der Waals surface area contributed by atoms with Gasteiger partial charge in [0.25, 0.3) is 5.91 Å². The summed E-state index contributed by atoms with van der Waals surface area (Å²) in [6, 6.07) is 12.7. The molecular weight excluding hydrogens is 508 g/mol. The summed E-state index contributed by atoms with van der Waals surface area (Å²) in [6.07, 6.45) is -0.525. The molecule has 0 saturated carbocycles. The Bertz CT molecular complexity index is 1390. The van der Waals surface area contributed by atoms with E-state index in [9.17, 15) is 19.2 Å². The van der Waals surface area contributed by atoms with Gasteiger partial charge in [0, 0.05) is 15.9 Å². The Morgan fingerprint density at radius 2 is 1.82 bits per heavy atom. The van der Waals surface area contributed by atoms with Gasteiger partial charge in [-0.3, -0.25) is 14.4 Å². The van der Waals surface area contributed by atoms with Gasteiger partial charge in [-0.2, -0.15) is 0 Å². The van der Waals surface area contributed by atoms with Crippen molar-refractivity contribution < 1.29 is 23.9 Å². The first-order valence-electron chi connectivity index (χ1n) is 12.4. The summed E-state index contributed by atoms with van der Waals surface area (Å²) in [5.41, 5.74) is 2.30. The summed E-state index contributed by atoms with van der Waals surface area (Å²) < 4.78 is 5.22. The number of aromatic amines is 1. The van der Waals surface area contributed by atoms with Gasteiger partial charge in [0.15, 0.2) is 5.78 Å². The summed E-state index contributed by atoms with van der Waals surface area (Å²) in [5.74, 6) is -1.13. The van der Waals surface area contributed by atoms with E-state index in [2.05, 4.69) is 20.9 Å². The predicted molar refractivity (Wildman–Crippen MR) is 144 cm³/mol. The van der Waals surface area contributed by atoms with E-state index in [-0.39, 0.29) is 18.1 Å². The van der Waals surface area contributed by atoms with Crippen LogP contribution < -0.4 is 16.0 Å². The normalized spacial score (nSPS) is 17.4. The van der Waals surface area contributed by atoms with Crippen molar-refractivity contribution in [3.05, 3.63) is 70.4 Å². The molecule has 3 aromatic rings. The van der Waals surface area contributed by atoms with E-state index in [0.29, 0.717) is 17.1 Å². The average Bonchev–Trinajstić information content (AvgIpc) is 3.38. The van der Waals surface area contributed by atoms with Crippen molar-refractivity contribution in [3.63, 3.8) is 0 Å². The Kier molecular flexibility index (Phi) is 7.78. The fourth-order valence-electron chi connectivity index (χ4n) is 4.54. The van der Waals surface area contributed by atoms with E-state index < -0.39 is 35.7 Å². The standard InChI is InChI=1S/C28H31ClN4O5/c1-15(34)21(32-27(37)38-28(2,3)4)14-24(35)33-25-19-8-6-5-7-16(19)12-22(25)31-26(36)23-13-17-11-18(29)9-10-20(17)30-23/h5-11,13,21-22,25,30H,12,14H2,1-4H3,(H,31,36)(H,32,37)(H,33,35). The van der Waals surface area contributed by atoms with Crippen molar-refractivity contribution in [2.45, 2.75) is 64.3 Å². The van der Waals surface area contributed by atoms with Gasteiger partial charge in [-0.15, -0.1) is 0 Å². The summed E-state index contributed by atoms with van der Waals surface area (Å²) in [5, 5.41) is 9.85. The van der Waals surface area contributed by atoms with E-state index >= 15 is 0 Å². The van der Waals surface area contributed by atoms with Gasteiger partial charge in [-0.25, -0.2) is 4.79 Å². The number of amides is 3. The number of carbonyl (C=O) groups is 4. The number of Topliss-reactive ketones (excluding diaryl/α,β-unsaturated/α-hetero) is 1. The minimum atomic E-state index is -1.05. The number of H-pyrrole nitrogens is 1. The SMILES string of the molecule is CC(=O)C(CC(=O)NC1c2ccccc2CC1NC(=O)c1cc2cc(Cl)ccc2[nH]1)NC(=O)OC(C)(C)C. The molecule has 0 saturated heterocycles. The van der Waals surface area contributed by atoms with Crippen LogP contribution in [0, 0.1) is 0 Å². The van der Waals surface area contributed by atoms with Crippen LogP contribution in [-0.2, 0) is 20.7 Å². The second-order valence-electron chi connectivity index (χ2n) is 10.5. The Labute approximate surface area is 225 Å². The van der Waals surface area contributed by atoms with Gasteiger partial charge < -0.3 is 25.7 Å². The number of aromatic nitrogens is 1. The lowest BCUT2D eigenvalue weighted by Gasteiger charge is -2.25. The summed E-state index contributed by atoms with van der Waals surface area (Å²) in [7, 11) is 0. The molecule has 4 rings (SSSR count). The number of nitrogens with one attached hydrogen (secondary N) is 4. The molecule has 0 spiro atoms. The third kappa shape index (κ3) is 6.52. The monoisotopic (exact) mass is 538 g/mol. The van der Waals surface area contributed by atoms with Gasteiger partial charge in [0.2, 0.25) is 5.91 Å². The van der Waals surface area contributed by atoms with E-state index in [1.807, 2.05) is 24.3 Å². The number of ether oxygens (including phenoxy) is 1. The molecule has 2 aromatic carbocycles. The van der Waals surface area contributed by atoms with Gasteiger partial charge in [0.05, 0.1) is 24.5 Å². The molecule has 0 radical (unpaired) electrons. The molecule has 0 aliphatic heterocycles. The third-order valence-corrected chi connectivity index (χ3v) is 6.50. The molecular formula is C28H31ClN4O5. The van der Waals surface area contributed by atoms with Crippen LogP contribution in [0.25, 0.3) is 10.9 Å². The highest BCUT2D eigenvalue weighted by molar-refractivity contribution is 6.31. The molecule has 10 heteroatoms. The highest BCUT2D eigenvalue weighted by Gasteiger charge is 2.35. The number of alkyl carbamates (subject to hydrolysis) is 1. The molecule has 200 valence electrons. The molecule has 0 bridgehead atoms. The van der Waals surface area contributed by atoms with Crippen LogP contribution in [0.5, 0.6) is 0 Å². The molecule has 3 unspecified atom stereocenters. The highest BCUT2D eigenvalue weighted by Crippen LogP contribution is 2.32. The second kappa shape index (κ2) is 10.9. The van der Waals surface area contributed by atoms with E-state index in [1.54, 1.807) is 45.0 Å². The number of ketones is 1. The summed E-state index contributed by atoms with van der Waals surface area (Å²) in [6.45, 7) is 6.42. The smallest absolute Gasteiger partial charge is 0.408 e. The van der Waals surface area contributed by atoms with Crippen LogP contribution in [0.2, 0.25) is 5.02 Å². The topological polar surface area (TPSA) is 129 Å². The van der Waals surface area contributed by atoms with Gasteiger partial charge in [-0.05, 0) is 69.5 Å². The lowest BCUT2D eigenvalue weighted by molar-refractivity contribution is -0.126. The van der Waals surface area contributed by atoms with Crippen molar-refractivity contribution in [2.75, 3.05) is 0 Å². The zero-order valence-electron chi connectivity index (χ0n) is 21.7. The van der Waals surface area contributed by atoms with Crippen LogP contribution in [0.15, 0.2) is 48.5 Å². The first-order valence-corrected chi connectivity index (χ1v) is 12.7. The summed E-state index contributed by atoms with van der Waals surface area (Å²) >= 11 is 6.07. The van der Waals surface area contributed by atoms with Crippen molar-refractivity contribution in [3.8, 4) is 0 Å². The number of rotatable bonds is 7. The van der Waals surface area contributed by atoms with Crippen LogP contribution in [0.3, 0.4) is 0 Å². The Hall–Kier alpha value is -3.85. The zero-order valence-corrected chi connectivity index (χ0v) is 22.4. The minimum absolute atomic E-state index is 0.267. The zero-order chi connectivity index (χ0) is 27.6. The van der Waals surface area contributed by atoms with Crippen LogP contribution >= 0.6 is 11.6 Å². The molecule has 0 fully saturated rings. The number of hydrogen-bond donors (Lipinski definition) is 4. The summed E-state index contributed by atoms with van der Waals surface area (Å²) in [4.78, 5) is 53.6. The lowest BCUT2D eigenvalue weighted by atomic mass is 10.0. The molecule has 1 aromatic heterocycles. The molecule has 4 N–H and O–H groups in total. The predicted octanol–water partition coefficient (Wildman–Crippen LogP) is 4.21. The van der Waals surface area contributed by atoms with Crippen LogP contribution in [0.1, 0.15) is 61.8 Å². The molecule has 3 amide bonds. The Morgan fingerprint density at radius 1 is 1.08 bits per heavy atom. The van der Waals surface area contributed by atoms with Crippen LogP contribution in [-0.4, -0.2) is 46.4 Å². The highest BCUT2D eigenvalue weighted by atomic mass is 35.5. The maximum Gasteiger partial charge on any atom is 0.408 e. The fourth-order valence-corrected chi connectivity index (χ4v) is 4.72. The van der Waals surface area contributed by atoms with Crippen molar-refractivity contribution >= 4 is 46.2 Å². The fraction of sp³-hybridized carbons (Fsp3) is 0.357. The van der Waals surface area contributed by atoms with E-state index in [1.165, 1.54) is 6.92 Å². The van der Waals surface area contributed by atoms with Crippen molar-refractivity contribution in [2.24, 2.45) is 0 Å². The molecule has 1 aliphatic carbocycles. The van der Waals surface area contributed by atoms with Crippen molar-refractivity contribution in [1.29, 1.82) is 0 Å². The number of hydrogen-bond acceptors (Lipinski definition) is 5. The number of halogens is 1. The number of benzene rings is 2. The van der Waals surface area contributed by atoms with E-state index in [4.69, 9.17) is 16.3 Å². The number of fused-ring (bicyclic) bond motifs is 2. The maximum absolute atomic E-state index is 13.1. The minimum Gasteiger partial charge on any atom is -0.444 e. The number of carbonyl (C=O) groups excluding carboxylic acids is 4. The average molecular weight is 539 g/mol. The molecule has 1 aliphatic rings. The first kappa shape index (κ1) is 27.2. The molecule has 1 heterocycles. The van der Waals surface area contributed by atoms with Gasteiger partial charge >= 0.3 is 6.09 Å². The first-order chi connectivity index (χ1) is 17.9. The lowest BCUT2D eigenvalue weighted by Crippen LogP contribution is -2.48. The second-order valence-corrected chi connectivity index (χ2v) is 10.9. The van der Waals surface area contributed by atoms with E-state index in [0.717, 1.165) is 22.0 Å². The third-order valence-electron chi connectivity index (χ3n) is 6.26.